The Kier molecular flexibility index (Phi) is 7.85. The van der Waals surface area contributed by atoms with Gasteiger partial charge in [0.2, 0.25) is 0 Å². The third kappa shape index (κ3) is 5.87. The van der Waals surface area contributed by atoms with E-state index >= 15 is 0 Å². The van der Waals surface area contributed by atoms with E-state index in [2.05, 4.69) is 0 Å². The van der Waals surface area contributed by atoms with Gasteiger partial charge in [0, 0.05) is 37.8 Å². The second kappa shape index (κ2) is 10.3. The van der Waals surface area contributed by atoms with Crippen LogP contribution in [0.4, 0.5) is 0 Å². The molecular formula is C21H35NO5. The largest absolute Gasteiger partial charge is 0.494 e. The van der Waals surface area contributed by atoms with E-state index in [1.165, 1.54) is 18.6 Å². The van der Waals surface area contributed by atoms with Gasteiger partial charge in [-0.05, 0) is 51.4 Å². The van der Waals surface area contributed by atoms with Crippen LogP contribution in [0.15, 0.2) is 12.1 Å². The van der Waals surface area contributed by atoms with Crippen LogP contribution in [0.1, 0.15) is 64.2 Å². The lowest BCUT2D eigenvalue weighted by Crippen LogP contribution is -2.32. The Labute approximate surface area is 162 Å². The highest BCUT2D eigenvalue weighted by molar-refractivity contribution is 5.23. The Hall–Kier alpha value is -1.24. The molecule has 4 atom stereocenters. The van der Waals surface area contributed by atoms with Crippen molar-refractivity contribution in [2.24, 2.45) is 5.92 Å². The molecule has 2 aliphatic heterocycles. The van der Waals surface area contributed by atoms with Crippen molar-refractivity contribution in [3.05, 3.63) is 12.1 Å². The molecule has 6 nitrogen and oxygen atoms in total. The normalized spacial score (nSPS) is 26.0. The summed E-state index contributed by atoms with van der Waals surface area (Å²) in [4.78, 5) is 0. The minimum Gasteiger partial charge on any atom is -0.494 e. The molecular weight excluding hydrogens is 346 g/mol. The first-order chi connectivity index (χ1) is 13.1. The summed E-state index contributed by atoms with van der Waals surface area (Å²) < 4.78 is 13.2. The van der Waals surface area contributed by atoms with Gasteiger partial charge in [-0.25, -0.2) is 0 Å². The molecule has 0 radical (unpaired) electrons. The molecule has 4 unspecified atom stereocenters. The van der Waals surface area contributed by atoms with Crippen LogP contribution in [0.25, 0.3) is 0 Å². The van der Waals surface area contributed by atoms with Crippen LogP contribution in [-0.2, 0) is 16.0 Å². The number of aliphatic hydroxyl groups is 1. The number of rotatable bonds is 9. The van der Waals surface area contributed by atoms with E-state index in [9.17, 15) is 15.3 Å². The summed E-state index contributed by atoms with van der Waals surface area (Å²) in [6.07, 6.45) is 10.0. The van der Waals surface area contributed by atoms with Crippen molar-refractivity contribution < 1.29 is 24.8 Å². The van der Waals surface area contributed by atoms with Crippen molar-refractivity contribution in [3.63, 3.8) is 0 Å². The Morgan fingerprint density at radius 2 is 1.48 bits per heavy atom. The molecule has 0 saturated carbocycles. The highest BCUT2D eigenvalue weighted by Crippen LogP contribution is 2.30. The Morgan fingerprint density at radius 3 is 2.07 bits per heavy atom. The van der Waals surface area contributed by atoms with E-state index < -0.39 is 0 Å². The molecule has 3 N–H and O–H groups in total. The number of nitrogens with zero attached hydrogens (tertiary/aromatic N) is 1. The molecule has 2 saturated heterocycles. The van der Waals surface area contributed by atoms with Crippen molar-refractivity contribution in [3.8, 4) is 11.8 Å². The third-order valence-corrected chi connectivity index (χ3v) is 6.06. The monoisotopic (exact) mass is 381 g/mol. The van der Waals surface area contributed by atoms with Crippen molar-refractivity contribution >= 4 is 0 Å². The molecule has 6 heteroatoms. The molecule has 0 aliphatic carbocycles. The van der Waals surface area contributed by atoms with E-state index in [4.69, 9.17) is 9.47 Å². The van der Waals surface area contributed by atoms with E-state index in [1.54, 1.807) is 4.57 Å². The Balaban J connectivity index is 1.48. The van der Waals surface area contributed by atoms with Gasteiger partial charge in [-0.2, -0.15) is 0 Å². The lowest BCUT2D eigenvalue weighted by atomic mass is 9.90. The molecule has 1 aromatic rings. The van der Waals surface area contributed by atoms with Gasteiger partial charge >= 0.3 is 0 Å². The van der Waals surface area contributed by atoms with Crippen molar-refractivity contribution in [2.75, 3.05) is 13.2 Å². The van der Waals surface area contributed by atoms with Gasteiger partial charge in [0.1, 0.15) is 0 Å². The molecule has 0 spiro atoms. The number of hydrogen-bond donors (Lipinski definition) is 3. The maximum Gasteiger partial charge on any atom is 0.193 e. The van der Waals surface area contributed by atoms with Crippen LogP contribution in [-0.4, -0.2) is 51.4 Å². The third-order valence-electron chi connectivity index (χ3n) is 6.06. The van der Waals surface area contributed by atoms with E-state index in [1.807, 2.05) is 0 Å². The molecule has 2 fully saturated rings. The second-order valence-corrected chi connectivity index (χ2v) is 8.08. The summed E-state index contributed by atoms with van der Waals surface area (Å²) >= 11 is 0. The second-order valence-electron chi connectivity index (χ2n) is 8.08. The maximum absolute atomic E-state index is 10.3. The van der Waals surface area contributed by atoms with Crippen LogP contribution in [0.3, 0.4) is 0 Å². The zero-order valence-electron chi connectivity index (χ0n) is 16.3. The number of hydrogen-bond acceptors (Lipinski definition) is 5. The quantitative estimate of drug-likeness (QED) is 0.570. The number of aliphatic hydroxyl groups excluding tert-OH is 1. The molecule has 0 aromatic carbocycles. The Morgan fingerprint density at radius 1 is 0.889 bits per heavy atom. The van der Waals surface area contributed by atoms with E-state index in [0.29, 0.717) is 6.54 Å². The van der Waals surface area contributed by atoms with Crippen molar-refractivity contribution in [2.45, 2.75) is 89.1 Å². The van der Waals surface area contributed by atoms with Crippen molar-refractivity contribution in [1.29, 1.82) is 0 Å². The molecule has 0 amide bonds. The van der Waals surface area contributed by atoms with Crippen LogP contribution in [0.5, 0.6) is 11.8 Å². The molecule has 27 heavy (non-hydrogen) atoms. The van der Waals surface area contributed by atoms with Gasteiger partial charge in [0.25, 0.3) is 0 Å². The summed E-state index contributed by atoms with van der Waals surface area (Å²) in [5.74, 6) is 0.439. The maximum atomic E-state index is 10.3. The van der Waals surface area contributed by atoms with Gasteiger partial charge < -0.3 is 24.8 Å². The zero-order chi connectivity index (χ0) is 19.1. The first kappa shape index (κ1) is 20.5. The predicted octanol–water partition coefficient (Wildman–Crippen LogP) is 3.58. The summed E-state index contributed by atoms with van der Waals surface area (Å²) in [5.41, 5.74) is 0. The molecule has 1 aromatic heterocycles. The molecule has 154 valence electrons. The SMILES string of the molecule is Oc1ccc(O)n1CC(CCCCC(O)C1CCCCO1)C1CCCCO1. The van der Waals surface area contributed by atoms with Crippen molar-refractivity contribution in [1.82, 2.24) is 4.57 Å². The van der Waals surface area contributed by atoms with Gasteiger partial charge in [-0.3, -0.25) is 4.57 Å². The predicted molar refractivity (Wildman–Crippen MR) is 103 cm³/mol. The topological polar surface area (TPSA) is 84.1 Å². The minimum absolute atomic E-state index is 0.00462. The fraction of sp³-hybridized carbons (Fsp3) is 0.810. The zero-order valence-corrected chi connectivity index (χ0v) is 16.3. The first-order valence-electron chi connectivity index (χ1n) is 10.6. The fourth-order valence-electron chi connectivity index (χ4n) is 4.42. The summed E-state index contributed by atoms with van der Waals surface area (Å²) in [6, 6.07) is 3.04. The number of aromatic nitrogens is 1. The van der Waals surface area contributed by atoms with Gasteiger partial charge in [-0.1, -0.05) is 12.8 Å². The summed E-state index contributed by atoms with van der Waals surface area (Å²) in [6.45, 7) is 2.12. The van der Waals surface area contributed by atoms with Crippen LogP contribution < -0.4 is 0 Å². The molecule has 3 heterocycles. The van der Waals surface area contributed by atoms with Crippen LogP contribution in [0.2, 0.25) is 0 Å². The van der Waals surface area contributed by atoms with Gasteiger partial charge in [-0.15, -0.1) is 0 Å². The van der Waals surface area contributed by atoms with Gasteiger partial charge in [0.05, 0.1) is 18.3 Å². The van der Waals surface area contributed by atoms with E-state index in [-0.39, 0.29) is 36.0 Å². The molecule has 0 bridgehead atoms. The smallest absolute Gasteiger partial charge is 0.193 e. The highest BCUT2D eigenvalue weighted by Gasteiger charge is 2.27. The summed E-state index contributed by atoms with van der Waals surface area (Å²) in [7, 11) is 0. The number of unbranched alkanes of at least 4 members (excludes halogenated alkanes) is 1. The fourth-order valence-corrected chi connectivity index (χ4v) is 4.42. The number of ether oxygens (including phenoxy) is 2. The lowest BCUT2D eigenvalue weighted by molar-refractivity contribution is -0.0653. The highest BCUT2D eigenvalue weighted by atomic mass is 16.5. The Bertz CT molecular complexity index is 529. The average molecular weight is 382 g/mol. The lowest BCUT2D eigenvalue weighted by Gasteiger charge is -2.31. The van der Waals surface area contributed by atoms with Crippen LogP contribution >= 0.6 is 0 Å². The minimum atomic E-state index is -0.368. The average Bonchev–Trinajstić information content (AvgIpc) is 3.03. The van der Waals surface area contributed by atoms with E-state index in [0.717, 1.165) is 71.0 Å². The van der Waals surface area contributed by atoms with Gasteiger partial charge in [0.15, 0.2) is 11.8 Å². The molecule has 3 rings (SSSR count). The summed E-state index contributed by atoms with van der Waals surface area (Å²) in [5, 5.41) is 30.3. The number of aromatic hydroxyl groups is 2. The first-order valence-corrected chi connectivity index (χ1v) is 10.6. The van der Waals surface area contributed by atoms with Crippen LogP contribution in [0, 0.1) is 5.92 Å². The molecule has 2 aliphatic rings. The standard InChI is InChI=1S/C21H35NO5/c23-17(19-10-4-6-14-27-19)8-2-1-7-16(18-9-3-5-13-26-18)15-22-20(24)11-12-21(22)25/h11-12,16-19,23-25H,1-10,13-15H2.